The van der Waals surface area contributed by atoms with Crippen LogP contribution in [0.2, 0.25) is 0 Å². The molecule has 80 valence electrons. The highest BCUT2D eigenvalue weighted by Gasteiger charge is 2.02. The Morgan fingerprint density at radius 2 is 2.00 bits per heavy atom. The van der Waals surface area contributed by atoms with Crippen molar-refractivity contribution in [2.24, 2.45) is 0 Å². The average Bonchev–Trinajstić information content (AvgIpc) is 2.30. The molecule has 2 aromatic rings. The molecule has 0 aromatic carbocycles. The zero-order valence-corrected chi connectivity index (χ0v) is 9.57. The summed E-state index contributed by atoms with van der Waals surface area (Å²) in [7, 11) is 1.87. The van der Waals surface area contributed by atoms with Crippen molar-refractivity contribution in [2.45, 2.75) is 20.8 Å². The van der Waals surface area contributed by atoms with Gasteiger partial charge in [-0.05, 0) is 13.0 Å². The fraction of sp³-hybridized carbons (Fsp3) is 0.364. The first-order valence-corrected chi connectivity index (χ1v) is 5.06. The van der Waals surface area contributed by atoms with E-state index in [-0.39, 0.29) is 0 Å². The molecular weight excluding hydrogens is 188 g/mol. The Morgan fingerprint density at radius 1 is 1.27 bits per heavy atom. The maximum atomic E-state index is 4.32. The largest absolute Gasteiger partial charge is 0.386 e. The Labute approximate surface area is 89.8 Å². The second-order valence-corrected chi connectivity index (χ2v) is 2.82. The molecule has 0 amide bonds. The zero-order chi connectivity index (χ0) is 11.3. The zero-order valence-electron chi connectivity index (χ0n) is 9.57. The lowest BCUT2D eigenvalue weighted by Crippen LogP contribution is -1.95. The quantitative estimate of drug-likeness (QED) is 0.775. The van der Waals surface area contributed by atoms with Gasteiger partial charge >= 0.3 is 0 Å². The van der Waals surface area contributed by atoms with Crippen molar-refractivity contribution >= 4 is 16.7 Å². The molecule has 0 unspecified atom stereocenters. The Hall–Kier alpha value is -1.71. The molecule has 0 aliphatic carbocycles. The number of hydrogen-bond donors (Lipinski definition) is 1. The van der Waals surface area contributed by atoms with E-state index in [1.165, 1.54) is 6.33 Å². The van der Waals surface area contributed by atoms with Gasteiger partial charge in [0.15, 0.2) is 0 Å². The van der Waals surface area contributed by atoms with Gasteiger partial charge in [-0.2, -0.15) is 0 Å². The summed E-state index contributed by atoms with van der Waals surface area (Å²) in [6.45, 7) is 5.95. The third-order valence-electron chi connectivity index (χ3n) is 1.87. The van der Waals surface area contributed by atoms with E-state index in [1.807, 2.05) is 33.9 Å². The van der Waals surface area contributed by atoms with Gasteiger partial charge in [0.25, 0.3) is 0 Å². The average molecular weight is 204 g/mol. The summed E-state index contributed by atoms with van der Waals surface area (Å²) >= 11 is 0. The summed E-state index contributed by atoms with van der Waals surface area (Å²) in [4.78, 5) is 12.4. The Kier molecular flexibility index (Phi) is 3.97. The fourth-order valence-electron chi connectivity index (χ4n) is 1.30. The minimum Gasteiger partial charge on any atom is -0.386 e. The number of aromatic nitrogens is 3. The van der Waals surface area contributed by atoms with E-state index in [0.717, 1.165) is 22.4 Å². The molecule has 4 heteroatoms. The molecule has 0 spiro atoms. The van der Waals surface area contributed by atoms with Gasteiger partial charge in [0.05, 0.1) is 11.9 Å². The van der Waals surface area contributed by atoms with Crippen LogP contribution >= 0.6 is 0 Å². The third-order valence-corrected chi connectivity index (χ3v) is 1.87. The highest BCUT2D eigenvalue weighted by Crippen LogP contribution is 2.18. The molecule has 4 nitrogen and oxygen atoms in total. The number of aryl methyl sites for hydroxylation is 1. The molecule has 0 atom stereocenters. The van der Waals surface area contributed by atoms with Gasteiger partial charge in [-0.15, -0.1) is 0 Å². The van der Waals surface area contributed by atoms with E-state index in [0.29, 0.717) is 0 Å². The van der Waals surface area contributed by atoms with Crippen molar-refractivity contribution in [2.75, 3.05) is 12.4 Å². The summed E-state index contributed by atoms with van der Waals surface area (Å²) in [5.41, 5.74) is 3.64. The molecule has 0 saturated heterocycles. The van der Waals surface area contributed by atoms with Crippen LogP contribution in [0, 0.1) is 6.92 Å². The van der Waals surface area contributed by atoms with E-state index in [2.05, 4.69) is 20.3 Å². The van der Waals surface area contributed by atoms with Crippen LogP contribution in [0.4, 0.5) is 5.69 Å². The van der Waals surface area contributed by atoms with Gasteiger partial charge in [0.2, 0.25) is 0 Å². The van der Waals surface area contributed by atoms with Crippen molar-refractivity contribution in [3.05, 3.63) is 24.3 Å². The molecule has 0 aliphatic rings. The van der Waals surface area contributed by atoms with Crippen molar-refractivity contribution in [3.63, 3.8) is 0 Å². The second-order valence-electron chi connectivity index (χ2n) is 2.82. The predicted octanol–water partition coefficient (Wildman–Crippen LogP) is 2.40. The van der Waals surface area contributed by atoms with E-state index in [9.17, 15) is 0 Å². The third kappa shape index (κ3) is 2.40. The minimum atomic E-state index is 0.826. The smallest absolute Gasteiger partial charge is 0.116 e. The number of nitrogens with zero attached hydrogens (tertiary/aromatic N) is 3. The van der Waals surface area contributed by atoms with Crippen molar-refractivity contribution < 1.29 is 0 Å². The normalized spacial score (nSPS) is 9.33. The lowest BCUT2D eigenvalue weighted by atomic mass is 10.2. The van der Waals surface area contributed by atoms with Crippen LogP contribution in [0.25, 0.3) is 11.0 Å². The Morgan fingerprint density at radius 3 is 2.67 bits per heavy atom. The molecule has 0 radical (unpaired) electrons. The van der Waals surface area contributed by atoms with Gasteiger partial charge in [0, 0.05) is 12.7 Å². The first kappa shape index (κ1) is 11.4. The molecule has 0 aliphatic heterocycles. The van der Waals surface area contributed by atoms with E-state index < -0.39 is 0 Å². The number of pyridine rings is 1. The molecule has 15 heavy (non-hydrogen) atoms. The topological polar surface area (TPSA) is 50.7 Å². The highest BCUT2D eigenvalue weighted by atomic mass is 14.9. The summed E-state index contributed by atoms with van der Waals surface area (Å²) in [6.07, 6.45) is 3.25. The van der Waals surface area contributed by atoms with Crippen LogP contribution in [0.15, 0.2) is 18.6 Å². The van der Waals surface area contributed by atoms with Crippen LogP contribution < -0.4 is 5.32 Å². The SMILES string of the molecule is CC.CNc1cc(C)nc2cncnc12. The summed E-state index contributed by atoms with van der Waals surface area (Å²) in [6, 6.07) is 1.97. The van der Waals surface area contributed by atoms with E-state index >= 15 is 0 Å². The van der Waals surface area contributed by atoms with Gasteiger partial charge in [-0.1, -0.05) is 13.8 Å². The van der Waals surface area contributed by atoms with Crippen molar-refractivity contribution in [1.82, 2.24) is 15.0 Å². The Balaban J connectivity index is 0.000000531. The maximum Gasteiger partial charge on any atom is 0.116 e. The molecule has 2 aromatic heterocycles. The van der Waals surface area contributed by atoms with Crippen LogP contribution in [-0.4, -0.2) is 22.0 Å². The number of rotatable bonds is 1. The Bertz CT molecular complexity index is 440. The first-order chi connectivity index (χ1) is 7.31. The van der Waals surface area contributed by atoms with Crippen molar-refractivity contribution in [3.8, 4) is 0 Å². The molecule has 0 bridgehead atoms. The van der Waals surface area contributed by atoms with Crippen LogP contribution in [-0.2, 0) is 0 Å². The van der Waals surface area contributed by atoms with Crippen LogP contribution in [0.1, 0.15) is 19.5 Å². The molecule has 2 rings (SSSR count). The van der Waals surface area contributed by atoms with Gasteiger partial charge in [-0.3, -0.25) is 0 Å². The van der Waals surface area contributed by atoms with Gasteiger partial charge in [0.1, 0.15) is 17.4 Å². The minimum absolute atomic E-state index is 0.826. The van der Waals surface area contributed by atoms with Gasteiger partial charge in [-0.25, -0.2) is 15.0 Å². The maximum absolute atomic E-state index is 4.32. The monoisotopic (exact) mass is 204 g/mol. The van der Waals surface area contributed by atoms with Crippen molar-refractivity contribution in [1.29, 1.82) is 0 Å². The predicted molar refractivity (Wildman–Crippen MR) is 63.0 cm³/mol. The van der Waals surface area contributed by atoms with E-state index in [1.54, 1.807) is 6.20 Å². The lowest BCUT2D eigenvalue weighted by molar-refractivity contribution is 1.17. The van der Waals surface area contributed by atoms with Crippen LogP contribution in [0.3, 0.4) is 0 Å². The number of anilines is 1. The highest BCUT2D eigenvalue weighted by molar-refractivity contribution is 5.86. The summed E-state index contributed by atoms with van der Waals surface area (Å²) in [5, 5.41) is 3.08. The molecule has 2 heterocycles. The fourth-order valence-corrected chi connectivity index (χ4v) is 1.30. The second kappa shape index (κ2) is 5.24. The van der Waals surface area contributed by atoms with Crippen LogP contribution in [0.5, 0.6) is 0 Å². The standard InChI is InChI=1S/C9H10N4.C2H6/c1-6-3-7(10-2)9-8(13-6)4-11-5-12-9;1-2/h3-5H,1-2H3,(H,10,13);1-2H3. The van der Waals surface area contributed by atoms with Gasteiger partial charge < -0.3 is 5.32 Å². The number of fused-ring (bicyclic) bond motifs is 1. The summed E-state index contributed by atoms with van der Waals surface area (Å²) in [5.74, 6) is 0. The molecule has 0 fully saturated rings. The lowest BCUT2D eigenvalue weighted by Gasteiger charge is -2.04. The molecule has 0 saturated carbocycles. The van der Waals surface area contributed by atoms with E-state index in [4.69, 9.17) is 0 Å². The number of hydrogen-bond acceptors (Lipinski definition) is 4. The first-order valence-electron chi connectivity index (χ1n) is 5.06. The number of nitrogens with one attached hydrogen (secondary N) is 1. The molecular formula is C11H16N4. The molecule has 1 N–H and O–H groups in total. The summed E-state index contributed by atoms with van der Waals surface area (Å²) < 4.78 is 0.